The van der Waals surface area contributed by atoms with Gasteiger partial charge in [-0.2, -0.15) is 0 Å². The molecule has 0 bridgehead atoms. The summed E-state index contributed by atoms with van der Waals surface area (Å²) in [6.07, 6.45) is 8.70. The summed E-state index contributed by atoms with van der Waals surface area (Å²) < 4.78 is 0. The second kappa shape index (κ2) is 5.68. The summed E-state index contributed by atoms with van der Waals surface area (Å²) in [5.74, 6) is 1.18. The van der Waals surface area contributed by atoms with Crippen molar-refractivity contribution in [2.45, 2.75) is 25.7 Å². The summed E-state index contributed by atoms with van der Waals surface area (Å²) in [4.78, 5) is 22.5. The lowest BCUT2D eigenvalue weighted by Crippen LogP contribution is -2.15. The average Bonchev–Trinajstić information content (AvgIpc) is 3.10. The minimum atomic E-state index is -0.443. The molecule has 110 valence electrons. The molecular formula is C16H18N2O3. The van der Waals surface area contributed by atoms with E-state index in [4.69, 9.17) is 0 Å². The van der Waals surface area contributed by atoms with Gasteiger partial charge in [-0.15, -0.1) is 0 Å². The summed E-state index contributed by atoms with van der Waals surface area (Å²) in [5.41, 5.74) is 0.662. The Kier molecular flexibility index (Phi) is 3.73. The summed E-state index contributed by atoms with van der Waals surface area (Å²) in [6.45, 7) is 0. The number of fused-ring (bicyclic) bond motifs is 1. The highest BCUT2D eigenvalue weighted by Crippen LogP contribution is 2.53. The molecule has 2 aliphatic rings. The molecule has 0 unspecified atom stereocenters. The van der Waals surface area contributed by atoms with Crippen LogP contribution in [0.1, 0.15) is 25.7 Å². The fourth-order valence-electron chi connectivity index (χ4n) is 3.33. The first-order valence-corrected chi connectivity index (χ1v) is 7.37. The van der Waals surface area contributed by atoms with Gasteiger partial charge < -0.3 is 5.32 Å². The van der Waals surface area contributed by atoms with Crippen LogP contribution in [0.2, 0.25) is 0 Å². The summed E-state index contributed by atoms with van der Waals surface area (Å²) in [5, 5.41) is 13.5. The number of carbonyl (C=O) groups excluding carboxylic acids is 1. The number of nitro groups is 1. The van der Waals surface area contributed by atoms with E-state index < -0.39 is 4.92 Å². The summed E-state index contributed by atoms with van der Waals surface area (Å²) >= 11 is 0. The first-order chi connectivity index (χ1) is 10.2. The van der Waals surface area contributed by atoms with E-state index in [-0.39, 0.29) is 17.5 Å². The second-order valence-electron chi connectivity index (χ2n) is 5.77. The van der Waals surface area contributed by atoms with Gasteiger partial charge in [-0.25, -0.2) is 0 Å². The molecule has 1 saturated carbocycles. The molecule has 2 aliphatic carbocycles. The Morgan fingerprint density at radius 2 is 1.67 bits per heavy atom. The van der Waals surface area contributed by atoms with E-state index in [1.54, 1.807) is 12.1 Å². The highest BCUT2D eigenvalue weighted by molar-refractivity contribution is 5.95. The molecule has 0 heterocycles. The molecular weight excluding hydrogens is 268 g/mol. The molecule has 5 heteroatoms. The fraction of sp³-hybridized carbons (Fsp3) is 0.438. The topological polar surface area (TPSA) is 72.2 Å². The Balaban J connectivity index is 1.61. The van der Waals surface area contributed by atoms with Crippen LogP contribution in [-0.2, 0) is 4.79 Å². The zero-order valence-electron chi connectivity index (χ0n) is 11.7. The third kappa shape index (κ3) is 2.96. The van der Waals surface area contributed by atoms with E-state index in [0.717, 1.165) is 25.7 Å². The Morgan fingerprint density at radius 1 is 1.10 bits per heavy atom. The largest absolute Gasteiger partial charge is 0.326 e. The normalized spacial score (nSPS) is 27.1. The van der Waals surface area contributed by atoms with E-state index >= 15 is 0 Å². The Labute approximate surface area is 123 Å². The van der Waals surface area contributed by atoms with E-state index in [2.05, 4.69) is 17.5 Å². The van der Waals surface area contributed by atoms with Crippen LogP contribution in [0.4, 0.5) is 11.4 Å². The molecule has 1 aromatic rings. The molecule has 2 atom stereocenters. The zero-order valence-corrected chi connectivity index (χ0v) is 11.7. The van der Waals surface area contributed by atoms with E-state index in [0.29, 0.717) is 17.5 Å². The average molecular weight is 286 g/mol. The molecule has 21 heavy (non-hydrogen) atoms. The van der Waals surface area contributed by atoms with Gasteiger partial charge in [0.2, 0.25) is 5.91 Å². The highest BCUT2D eigenvalue weighted by atomic mass is 16.6. The Morgan fingerprint density at radius 3 is 2.19 bits per heavy atom. The Hall–Kier alpha value is -2.17. The van der Waals surface area contributed by atoms with Crippen molar-refractivity contribution in [1.82, 2.24) is 0 Å². The quantitative estimate of drug-likeness (QED) is 0.525. The second-order valence-corrected chi connectivity index (χ2v) is 5.77. The third-order valence-electron chi connectivity index (χ3n) is 4.48. The molecule has 0 saturated heterocycles. The van der Waals surface area contributed by atoms with Crippen LogP contribution in [0.15, 0.2) is 36.4 Å². The number of allylic oxidation sites excluding steroid dienone is 2. The first-order valence-electron chi connectivity index (χ1n) is 7.37. The predicted octanol–water partition coefficient (Wildman–Crippen LogP) is 3.53. The van der Waals surface area contributed by atoms with Crippen molar-refractivity contribution in [2.24, 2.45) is 17.8 Å². The minimum absolute atomic E-state index is 0.0344. The number of rotatable bonds is 3. The van der Waals surface area contributed by atoms with Crippen molar-refractivity contribution >= 4 is 17.3 Å². The van der Waals surface area contributed by atoms with Crippen molar-refractivity contribution in [3.8, 4) is 0 Å². The minimum Gasteiger partial charge on any atom is -0.326 e. The molecule has 0 aromatic heterocycles. The van der Waals surface area contributed by atoms with E-state index in [1.807, 2.05) is 0 Å². The van der Waals surface area contributed by atoms with Gasteiger partial charge in [-0.1, -0.05) is 12.2 Å². The van der Waals surface area contributed by atoms with Crippen LogP contribution < -0.4 is 5.32 Å². The first kappa shape index (κ1) is 13.8. The number of nitrogens with zero attached hydrogens (tertiary/aromatic N) is 1. The van der Waals surface area contributed by atoms with Gasteiger partial charge in [0.25, 0.3) is 5.69 Å². The van der Waals surface area contributed by atoms with Gasteiger partial charge in [0.05, 0.1) is 4.92 Å². The molecule has 0 aliphatic heterocycles. The van der Waals surface area contributed by atoms with E-state index in [1.165, 1.54) is 12.1 Å². The number of hydrogen-bond acceptors (Lipinski definition) is 3. The molecule has 1 N–H and O–H groups in total. The number of amides is 1. The molecule has 0 spiro atoms. The van der Waals surface area contributed by atoms with Crippen molar-refractivity contribution < 1.29 is 9.72 Å². The standard InChI is InChI=1S/C16H18N2O3/c19-16(15-13-5-3-1-2-4-6-14(13)15)17-11-7-9-12(10-8-11)18(20)21/h1-2,7-10,13-15H,3-6H2,(H,17,19)/t13-,14-/m1/s1. The number of benzene rings is 1. The monoisotopic (exact) mass is 286 g/mol. The maximum atomic E-state index is 12.3. The van der Waals surface area contributed by atoms with Gasteiger partial charge in [-0.3, -0.25) is 14.9 Å². The smallest absolute Gasteiger partial charge is 0.269 e. The van der Waals surface area contributed by atoms with Crippen molar-refractivity contribution in [3.63, 3.8) is 0 Å². The SMILES string of the molecule is O=C(Nc1ccc([N+](=O)[O-])cc1)C1[C@@H]2CCC=CCC[C@@H]12. The van der Waals surface area contributed by atoms with Crippen molar-refractivity contribution in [2.75, 3.05) is 5.32 Å². The molecule has 3 rings (SSSR count). The van der Waals surface area contributed by atoms with Crippen molar-refractivity contribution in [3.05, 3.63) is 46.5 Å². The molecule has 0 radical (unpaired) electrons. The van der Waals surface area contributed by atoms with Crippen LogP contribution in [0.25, 0.3) is 0 Å². The van der Waals surface area contributed by atoms with Gasteiger partial charge in [0, 0.05) is 23.7 Å². The number of hydrogen-bond donors (Lipinski definition) is 1. The van der Waals surface area contributed by atoms with Gasteiger partial charge in [-0.05, 0) is 49.7 Å². The van der Waals surface area contributed by atoms with Crippen LogP contribution in [0, 0.1) is 27.9 Å². The van der Waals surface area contributed by atoms with Crippen LogP contribution >= 0.6 is 0 Å². The molecule has 1 aromatic carbocycles. The maximum absolute atomic E-state index is 12.3. The lowest BCUT2D eigenvalue weighted by atomic mass is 10.1. The number of nitro benzene ring substituents is 1. The number of anilines is 1. The van der Waals surface area contributed by atoms with Crippen LogP contribution in [-0.4, -0.2) is 10.8 Å². The number of non-ortho nitro benzene ring substituents is 1. The van der Waals surface area contributed by atoms with Crippen molar-refractivity contribution in [1.29, 1.82) is 0 Å². The van der Waals surface area contributed by atoms with Crippen LogP contribution in [0.3, 0.4) is 0 Å². The fourth-order valence-corrected chi connectivity index (χ4v) is 3.33. The van der Waals surface area contributed by atoms with E-state index in [9.17, 15) is 14.9 Å². The number of nitrogens with one attached hydrogen (secondary N) is 1. The molecule has 5 nitrogen and oxygen atoms in total. The summed E-state index contributed by atoms with van der Waals surface area (Å²) in [6, 6.07) is 6.00. The zero-order chi connectivity index (χ0) is 14.8. The maximum Gasteiger partial charge on any atom is 0.269 e. The summed E-state index contributed by atoms with van der Waals surface area (Å²) in [7, 11) is 0. The predicted molar refractivity (Wildman–Crippen MR) is 79.8 cm³/mol. The Bertz CT molecular complexity index is 564. The lowest BCUT2D eigenvalue weighted by molar-refractivity contribution is -0.384. The number of carbonyl (C=O) groups is 1. The van der Waals surface area contributed by atoms with Gasteiger partial charge in [0.15, 0.2) is 0 Å². The molecule has 1 amide bonds. The molecule has 1 fully saturated rings. The highest BCUT2D eigenvalue weighted by Gasteiger charge is 2.53. The van der Waals surface area contributed by atoms with Gasteiger partial charge >= 0.3 is 0 Å². The lowest BCUT2D eigenvalue weighted by Gasteiger charge is -2.04. The third-order valence-corrected chi connectivity index (χ3v) is 4.48. The van der Waals surface area contributed by atoms with Crippen LogP contribution in [0.5, 0.6) is 0 Å². The van der Waals surface area contributed by atoms with Gasteiger partial charge in [0.1, 0.15) is 0 Å².